The molecule has 4 nitrogen and oxygen atoms in total. The Kier molecular flexibility index (Phi) is 12.0. The molecule has 0 aliphatic rings. The van der Waals surface area contributed by atoms with Gasteiger partial charge in [0.2, 0.25) is 0 Å². The van der Waals surface area contributed by atoms with Crippen LogP contribution in [0, 0.1) is 29.6 Å². The van der Waals surface area contributed by atoms with Crippen molar-refractivity contribution in [2.45, 2.75) is 80.6 Å². The fourth-order valence-corrected chi connectivity index (χ4v) is 3.83. The Morgan fingerprint density at radius 2 is 1.41 bits per heavy atom. The molecule has 0 aromatic heterocycles. The third kappa shape index (κ3) is 11.7. The quantitative estimate of drug-likeness (QED) is 0.295. The average Bonchev–Trinajstić information content (AvgIpc) is 2.52. The van der Waals surface area contributed by atoms with Gasteiger partial charge in [-0.1, -0.05) is 59.6 Å². The van der Waals surface area contributed by atoms with Crippen LogP contribution in [0.1, 0.15) is 80.6 Å². The Balaban J connectivity index is 4.81. The van der Waals surface area contributed by atoms with Crippen LogP contribution in [0.15, 0.2) is 23.3 Å². The van der Waals surface area contributed by atoms with E-state index in [9.17, 15) is 14.7 Å². The second-order valence-corrected chi connectivity index (χ2v) is 8.74. The smallest absolute Gasteiger partial charge is 0.331 e. The van der Waals surface area contributed by atoms with Crippen molar-refractivity contribution in [1.82, 2.24) is 0 Å². The molecule has 0 aromatic carbocycles. The van der Waals surface area contributed by atoms with E-state index in [-0.39, 0.29) is 12.0 Å². The molecule has 0 spiro atoms. The van der Waals surface area contributed by atoms with Gasteiger partial charge in [-0.05, 0) is 62.4 Å². The number of carboxylic acids is 2. The van der Waals surface area contributed by atoms with E-state index in [1.54, 1.807) is 6.08 Å². The molecule has 0 fully saturated rings. The highest BCUT2D eigenvalue weighted by Crippen LogP contribution is 2.26. The number of hydrogen-bond acceptors (Lipinski definition) is 2. The second-order valence-electron chi connectivity index (χ2n) is 8.74. The van der Waals surface area contributed by atoms with Crippen LogP contribution in [0.3, 0.4) is 0 Å². The van der Waals surface area contributed by atoms with Gasteiger partial charge in [0.25, 0.3) is 0 Å². The Hall–Kier alpha value is -1.58. The third-order valence-corrected chi connectivity index (χ3v) is 5.25. The molecule has 27 heavy (non-hydrogen) atoms. The zero-order chi connectivity index (χ0) is 21.1. The van der Waals surface area contributed by atoms with Crippen LogP contribution in [0.5, 0.6) is 0 Å². The van der Waals surface area contributed by atoms with E-state index >= 15 is 0 Å². The van der Waals surface area contributed by atoms with Crippen molar-refractivity contribution < 1.29 is 19.8 Å². The SMILES string of the molecule is CCC(C)CC(C)CC(C)CC(C)/C=C(C)/C=C(/CC(C)C(=O)O)C(=O)O. The summed E-state index contributed by atoms with van der Waals surface area (Å²) < 4.78 is 0. The Morgan fingerprint density at radius 3 is 1.89 bits per heavy atom. The first kappa shape index (κ1) is 25.4. The fourth-order valence-electron chi connectivity index (χ4n) is 3.83. The van der Waals surface area contributed by atoms with Crippen LogP contribution in [0.2, 0.25) is 0 Å². The summed E-state index contributed by atoms with van der Waals surface area (Å²) >= 11 is 0. The molecule has 5 atom stereocenters. The van der Waals surface area contributed by atoms with Crippen LogP contribution >= 0.6 is 0 Å². The predicted molar refractivity (Wildman–Crippen MR) is 112 cm³/mol. The zero-order valence-electron chi connectivity index (χ0n) is 18.3. The van der Waals surface area contributed by atoms with E-state index in [0.29, 0.717) is 11.8 Å². The lowest BCUT2D eigenvalue weighted by Gasteiger charge is -2.21. The van der Waals surface area contributed by atoms with Gasteiger partial charge in [0, 0.05) is 5.57 Å². The van der Waals surface area contributed by atoms with Gasteiger partial charge in [0.1, 0.15) is 0 Å². The minimum absolute atomic E-state index is 0.0355. The van der Waals surface area contributed by atoms with Gasteiger partial charge >= 0.3 is 11.9 Å². The summed E-state index contributed by atoms with van der Waals surface area (Å²) in [6, 6.07) is 0. The number of hydrogen-bond donors (Lipinski definition) is 2. The first-order chi connectivity index (χ1) is 12.5. The molecule has 0 rings (SSSR count). The molecule has 0 saturated carbocycles. The summed E-state index contributed by atoms with van der Waals surface area (Å²) in [6.07, 6.45) is 8.55. The van der Waals surface area contributed by atoms with Crippen LogP contribution in [-0.4, -0.2) is 22.2 Å². The molecule has 0 bridgehead atoms. The van der Waals surface area contributed by atoms with Crippen molar-refractivity contribution >= 4 is 11.9 Å². The van der Waals surface area contributed by atoms with Crippen molar-refractivity contribution in [3.8, 4) is 0 Å². The van der Waals surface area contributed by atoms with Crippen LogP contribution in [-0.2, 0) is 9.59 Å². The summed E-state index contributed by atoms with van der Waals surface area (Å²) in [5.74, 6) is -0.238. The monoisotopic (exact) mass is 380 g/mol. The molecule has 0 aromatic rings. The van der Waals surface area contributed by atoms with Crippen LogP contribution < -0.4 is 0 Å². The third-order valence-electron chi connectivity index (χ3n) is 5.25. The standard InChI is InChI=1S/C23H40O4/c1-8-15(2)9-16(3)10-17(4)11-18(5)12-19(6)13-21(23(26)27)14-20(7)22(24)25/h12-13,15-18,20H,8-11,14H2,1-7H3,(H,24,25)(H,26,27)/b19-12+,21-13-. The zero-order valence-corrected chi connectivity index (χ0v) is 18.3. The first-order valence-electron chi connectivity index (χ1n) is 10.3. The number of aliphatic carboxylic acids is 2. The van der Waals surface area contributed by atoms with Gasteiger partial charge in [-0.15, -0.1) is 0 Å². The minimum Gasteiger partial charge on any atom is -0.481 e. The molecule has 0 heterocycles. The molecule has 0 radical (unpaired) electrons. The van der Waals surface area contributed by atoms with E-state index in [1.807, 2.05) is 6.92 Å². The van der Waals surface area contributed by atoms with Crippen LogP contribution in [0.25, 0.3) is 0 Å². The van der Waals surface area contributed by atoms with Crippen molar-refractivity contribution in [3.63, 3.8) is 0 Å². The lowest BCUT2D eigenvalue weighted by atomic mass is 9.84. The van der Waals surface area contributed by atoms with Crippen molar-refractivity contribution in [1.29, 1.82) is 0 Å². The summed E-state index contributed by atoms with van der Waals surface area (Å²) in [5.41, 5.74) is 1.04. The Labute approximate surface area is 165 Å². The minimum atomic E-state index is -1.05. The summed E-state index contributed by atoms with van der Waals surface area (Å²) in [4.78, 5) is 22.4. The number of carboxylic acid groups (broad SMARTS) is 2. The maximum absolute atomic E-state index is 11.4. The van der Waals surface area contributed by atoms with Gasteiger partial charge in [-0.3, -0.25) is 4.79 Å². The molecule has 0 amide bonds. The maximum Gasteiger partial charge on any atom is 0.331 e. The number of allylic oxidation sites excluding steroid dienone is 3. The highest BCUT2D eigenvalue weighted by Gasteiger charge is 2.18. The van der Waals surface area contributed by atoms with Gasteiger partial charge in [0.05, 0.1) is 5.92 Å². The molecule has 0 aliphatic heterocycles. The van der Waals surface area contributed by atoms with Gasteiger partial charge < -0.3 is 10.2 Å². The molecule has 156 valence electrons. The van der Waals surface area contributed by atoms with E-state index < -0.39 is 17.9 Å². The predicted octanol–water partition coefficient (Wildman–Crippen LogP) is 6.18. The maximum atomic E-state index is 11.4. The normalized spacial score (nSPS) is 18.5. The van der Waals surface area contributed by atoms with Crippen molar-refractivity contribution in [3.05, 3.63) is 23.3 Å². The fraction of sp³-hybridized carbons (Fsp3) is 0.739. The van der Waals surface area contributed by atoms with E-state index in [2.05, 4.69) is 40.7 Å². The molecule has 5 unspecified atom stereocenters. The summed E-state index contributed by atoms with van der Waals surface area (Å²) in [7, 11) is 0. The number of rotatable bonds is 13. The van der Waals surface area contributed by atoms with E-state index in [1.165, 1.54) is 26.2 Å². The highest BCUT2D eigenvalue weighted by atomic mass is 16.4. The Morgan fingerprint density at radius 1 is 0.889 bits per heavy atom. The summed E-state index contributed by atoms with van der Waals surface area (Å²) in [5, 5.41) is 18.3. The van der Waals surface area contributed by atoms with Gasteiger partial charge in [-0.2, -0.15) is 0 Å². The topological polar surface area (TPSA) is 74.6 Å². The molecule has 2 N–H and O–H groups in total. The first-order valence-corrected chi connectivity index (χ1v) is 10.3. The molecular formula is C23H40O4. The highest BCUT2D eigenvalue weighted by molar-refractivity contribution is 5.88. The van der Waals surface area contributed by atoms with E-state index in [0.717, 1.165) is 23.8 Å². The molecular weight excluding hydrogens is 340 g/mol. The molecule has 0 saturated heterocycles. The van der Waals surface area contributed by atoms with Crippen molar-refractivity contribution in [2.24, 2.45) is 29.6 Å². The number of carbonyl (C=O) groups is 2. The van der Waals surface area contributed by atoms with Crippen molar-refractivity contribution in [2.75, 3.05) is 0 Å². The van der Waals surface area contributed by atoms with Crippen LogP contribution in [0.4, 0.5) is 0 Å². The van der Waals surface area contributed by atoms with E-state index in [4.69, 9.17) is 5.11 Å². The molecule has 0 aliphatic carbocycles. The summed E-state index contributed by atoms with van der Waals surface area (Å²) in [6.45, 7) is 14.8. The second kappa shape index (κ2) is 12.7. The van der Waals surface area contributed by atoms with Gasteiger partial charge in [0.15, 0.2) is 0 Å². The van der Waals surface area contributed by atoms with Gasteiger partial charge in [-0.25, -0.2) is 4.79 Å². The largest absolute Gasteiger partial charge is 0.481 e. The molecule has 4 heteroatoms. The Bertz CT molecular complexity index is 532. The lowest BCUT2D eigenvalue weighted by molar-refractivity contribution is -0.141. The average molecular weight is 381 g/mol. The lowest BCUT2D eigenvalue weighted by Crippen LogP contribution is -2.14.